The van der Waals surface area contributed by atoms with E-state index in [1.165, 1.54) is 29.2 Å². The lowest BCUT2D eigenvalue weighted by Crippen LogP contribution is -2.49. The summed E-state index contributed by atoms with van der Waals surface area (Å²) in [6.07, 6.45) is -4.46. The van der Waals surface area contributed by atoms with Crippen LogP contribution in [0.4, 0.5) is 13.2 Å². The normalized spacial score (nSPS) is 18.0. The maximum atomic E-state index is 12.3. The molecule has 9 heteroatoms. The summed E-state index contributed by atoms with van der Waals surface area (Å²) in [4.78, 5) is 24.7. The van der Waals surface area contributed by atoms with Crippen molar-refractivity contribution in [1.29, 1.82) is 0 Å². The molecule has 1 amide bonds. The van der Waals surface area contributed by atoms with E-state index in [1.807, 2.05) is 0 Å². The predicted octanol–water partition coefficient (Wildman–Crippen LogP) is 2.22. The Bertz CT molecular complexity index is 603. The Labute approximate surface area is 142 Å². The SMILES string of the molecule is O=C(O)CC1COCCN1C(=O)CCc1ccc(OC(F)(F)F)cc1. The molecule has 138 valence electrons. The van der Waals surface area contributed by atoms with Crippen LogP contribution in [0.25, 0.3) is 0 Å². The van der Waals surface area contributed by atoms with Gasteiger partial charge in [-0.15, -0.1) is 13.2 Å². The molecule has 1 unspecified atom stereocenters. The number of rotatable bonds is 6. The minimum Gasteiger partial charge on any atom is -0.481 e. The Morgan fingerprint density at radius 2 is 1.96 bits per heavy atom. The van der Waals surface area contributed by atoms with Gasteiger partial charge in [0.1, 0.15) is 5.75 Å². The number of morpholine rings is 1. The molecule has 25 heavy (non-hydrogen) atoms. The van der Waals surface area contributed by atoms with Gasteiger partial charge in [-0.05, 0) is 24.1 Å². The summed E-state index contributed by atoms with van der Waals surface area (Å²) >= 11 is 0. The van der Waals surface area contributed by atoms with Gasteiger partial charge >= 0.3 is 12.3 Å². The van der Waals surface area contributed by atoms with Crippen LogP contribution in [-0.4, -0.2) is 54.0 Å². The van der Waals surface area contributed by atoms with E-state index in [0.717, 1.165) is 0 Å². The Morgan fingerprint density at radius 1 is 1.28 bits per heavy atom. The molecule has 1 atom stereocenters. The molecule has 1 fully saturated rings. The first-order valence-corrected chi connectivity index (χ1v) is 7.68. The van der Waals surface area contributed by atoms with Gasteiger partial charge in [0.2, 0.25) is 5.91 Å². The molecule has 1 aromatic carbocycles. The number of alkyl halides is 3. The molecule has 0 radical (unpaired) electrons. The highest BCUT2D eigenvalue weighted by Gasteiger charge is 2.31. The van der Waals surface area contributed by atoms with Crippen molar-refractivity contribution in [3.8, 4) is 5.75 Å². The smallest absolute Gasteiger partial charge is 0.481 e. The third-order valence-electron chi connectivity index (χ3n) is 3.74. The number of halogens is 3. The highest BCUT2D eigenvalue weighted by molar-refractivity contribution is 5.78. The van der Waals surface area contributed by atoms with Gasteiger partial charge in [-0.3, -0.25) is 9.59 Å². The minimum atomic E-state index is -4.74. The van der Waals surface area contributed by atoms with E-state index >= 15 is 0 Å². The van der Waals surface area contributed by atoms with E-state index < -0.39 is 18.4 Å². The van der Waals surface area contributed by atoms with Crippen LogP contribution in [0.5, 0.6) is 5.75 Å². The molecule has 1 heterocycles. The largest absolute Gasteiger partial charge is 0.573 e. The van der Waals surface area contributed by atoms with Gasteiger partial charge in [0.15, 0.2) is 0 Å². The van der Waals surface area contributed by atoms with E-state index in [2.05, 4.69) is 4.74 Å². The average Bonchev–Trinajstić information content (AvgIpc) is 2.52. The summed E-state index contributed by atoms with van der Waals surface area (Å²) in [5.74, 6) is -1.53. The van der Waals surface area contributed by atoms with Gasteiger partial charge < -0.3 is 19.5 Å². The summed E-state index contributed by atoms with van der Waals surface area (Å²) in [5.41, 5.74) is 0.686. The van der Waals surface area contributed by atoms with Crippen molar-refractivity contribution in [2.45, 2.75) is 31.7 Å². The number of carboxylic acid groups (broad SMARTS) is 1. The van der Waals surface area contributed by atoms with Crippen molar-refractivity contribution in [3.63, 3.8) is 0 Å². The zero-order valence-corrected chi connectivity index (χ0v) is 13.3. The zero-order valence-electron chi connectivity index (χ0n) is 13.3. The van der Waals surface area contributed by atoms with Crippen LogP contribution in [0.1, 0.15) is 18.4 Å². The van der Waals surface area contributed by atoms with Gasteiger partial charge in [0.25, 0.3) is 0 Å². The van der Waals surface area contributed by atoms with Crippen LogP contribution in [0, 0.1) is 0 Å². The fourth-order valence-corrected chi connectivity index (χ4v) is 2.61. The van der Waals surface area contributed by atoms with Crippen LogP contribution in [0.2, 0.25) is 0 Å². The number of hydrogen-bond acceptors (Lipinski definition) is 4. The van der Waals surface area contributed by atoms with E-state index in [4.69, 9.17) is 9.84 Å². The molecule has 1 aliphatic heterocycles. The van der Waals surface area contributed by atoms with Crippen molar-refractivity contribution in [1.82, 2.24) is 4.90 Å². The van der Waals surface area contributed by atoms with Gasteiger partial charge in [-0.1, -0.05) is 12.1 Å². The number of carbonyl (C=O) groups is 2. The van der Waals surface area contributed by atoms with Crippen LogP contribution in [0.15, 0.2) is 24.3 Å². The highest BCUT2D eigenvalue weighted by atomic mass is 19.4. The molecule has 0 aliphatic carbocycles. The molecule has 0 saturated carbocycles. The topological polar surface area (TPSA) is 76.1 Å². The lowest BCUT2D eigenvalue weighted by atomic mass is 10.1. The quantitative estimate of drug-likeness (QED) is 0.841. The maximum Gasteiger partial charge on any atom is 0.573 e. The number of hydrogen-bond donors (Lipinski definition) is 1. The number of aliphatic carboxylic acids is 1. The molecule has 1 N–H and O–H groups in total. The van der Waals surface area contributed by atoms with Crippen molar-refractivity contribution in [2.24, 2.45) is 0 Å². The number of benzene rings is 1. The second-order valence-corrected chi connectivity index (χ2v) is 5.61. The fourth-order valence-electron chi connectivity index (χ4n) is 2.61. The zero-order chi connectivity index (χ0) is 18.4. The van der Waals surface area contributed by atoms with E-state index in [0.29, 0.717) is 25.1 Å². The Kier molecular flexibility index (Phi) is 6.24. The lowest BCUT2D eigenvalue weighted by Gasteiger charge is -2.35. The van der Waals surface area contributed by atoms with Gasteiger partial charge in [-0.2, -0.15) is 0 Å². The van der Waals surface area contributed by atoms with Crippen LogP contribution in [0.3, 0.4) is 0 Å². The molecular formula is C16H18F3NO5. The predicted molar refractivity (Wildman–Crippen MR) is 80.0 cm³/mol. The third-order valence-corrected chi connectivity index (χ3v) is 3.74. The van der Waals surface area contributed by atoms with E-state index in [1.54, 1.807) is 0 Å². The second kappa shape index (κ2) is 8.19. The van der Waals surface area contributed by atoms with Crippen LogP contribution < -0.4 is 4.74 Å². The van der Waals surface area contributed by atoms with Crippen LogP contribution >= 0.6 is 0 Å². The average molecular weight is 361 g/mol. The number of aryl methyl sites for hydroxylation is 1. The molecule has 0 aromatic heterocycles. The molecule has 2 rings (SSSR count). The standard InChI is InChI=1S/C16H18F3NO5/c17-16(18,19)25-13-4-1-11(2-5-13)3-6-14(21)20-7-8-24-10-12(20)9-15(22)23/h1-2,4-5,12H,3,6-10H2,(H,22,23). The van der Waals surface area contributed by atoms with Crippen molar-refractivity contribution >= 4 is 11.9 Å². The lowest BCUT2D eigenvalue weighted by molar-refractivity contribution is -0.274. The molecule has 1 saturated heterocycles. The Balaban J connectivity index is 1.89. The first-order chi connectivity index (χ1) is 11.7. The molecule has 6 nitrogen and oxygen atoms in total. The summed E-state index contributed by atoms with van der Waals surface area (Å²) in [6, 6.07) is 4.80. The van der Waals surface area contributed by atoms with E-state index in [-0.39, 0.29) is 31.1 Å². The molecule has 0 bridgehead atoms. The number of carboxylic acids is 1. The molecule has 0 spiro atoms. The third kappa shape index (κ3) is 6.26. The van der Waals surface area contributed by atoms with Gasteiger partial charge in [-0.25, -0.2) is 0 Å². The number of amides is 1. The van der Waals surface area contributed by atoms with Gasteiger partial charge in [0, 0.05) is 13.0 Å². The Hall–Kier alpha value is -2.29. The summed E-state index contributed by atoms with van der Waals surface area (Å²) in [6.45, 7) is 0.863. The number of nitrogens with zero attached hydrogens (tertiary/aromatic N) is 1. The summed E-state index contributed by atoms with van der Waals surface area (Å²) < 4.78 is 45.3. The first-order valence-electron chi connectivity index (χ1n) is 7.68. The van der Waals surface area contributed by atoms with Gasteiger partial charge in [0.05, 0.1) is 25.7 Å². The van der Waals surface area contributed by atoms with Crippen LogP contribution in [-0.2, 0) is 20.7 Å². The fraction of sp³-hybridized carbons (Fsp3) is 0.500. The van der Waals surface area contributed by atoms with E-state index in [9.17, 15) is 22.8 Å². The number of carbonyl (C=O) groups excluding carboxylic acids is 1. The molecule has 1 aliphatic rings. The second-order valence-electron chi connectivity index (χ2n) is 5.61. The molecule has 1 aromatic rings. The summed E-state index contributed by atoms with van der Waals surface area (Å²) in [5, 5.41) is 8.89. The maximum absolute atomic E-state index is 12.3. The van der Waals surface area contributed by atoms with Crippen molar-refractivity contribution in [3.05, 3.63) is 29.8 Å². The highest BCUT2D eigenvalue weighted by Crippen LogP contribution is 2.23. The molecular weight excluding hydrogens is 343 g/mol. The van der Waals surface area contributed by atoms with Crippen molar-refractivity contribution < 1.29 is 37.3 Å². The summed E-state index contributed by atoms with van der Waals surface area (Å²) in [7, 11) is 0. The monoisotopic (exact) mass is 361 g/mol. The number of ether oxygens (including phenoxy) is 2. The Morgan fingerprint density at radius 3 is 2.56 bits per heavy atom. The van der Waals surface area contributed by atoms with Crippen molar-refractivity contribution in [2.75, 3.05) is 19.8 Å². The first kappa shape index (κ1) is 19.0. The minimum absolute atomic E-state index is 0.135.